The summed E-state index contributed by atoms with van der Waals surface area (Å²) in [6.07, 6.45) is 5.37. The van der Waals surface area contributed by atoms with Gasteiger partial charge in [-0.3, -0.25) is 14.5 Å². The van der Waals surface area contributed by atoms with Gasteiger partial charge in [0.1, 0.15) is 18.0 Å². The number of carbonyl (C=O) groups is 2. The number of benzene rings is 2. The Kier molecular flexibility index (Phi) is 9.91. The standard InChI is InChI=1S/C25H31ClN2O4S/c1-32-22-13-9-20(10-14-22)18-33(31)25-16-24(30)28(25)17-23(29)27-15-5-3-2-4-6-19-7-11-21(26)12-8-19/h7-14,25H,2-6,15-18H2,1H3,(H,27,29). The van der Waals surface area contributed by atoms with Crippen LogP contribution in [0.1, 0.15) is 43.2 Å². The zero-order valence-electron chi connectivity index (χ0n) is 18.9. The molecule has 8 heteroatoms. The van der Waals surface area contributed by atoms with E-state index in [2.05, 4.69) is 17.4 Å². The molecule has 2 amide bonds. The molecule has 0 radical (unpaired) electrons. The third-order valence-corrected chi connectivity index (χ3v) is 7.63. The van der Waals surface area contributed by atoms with Crippen molar-refractivity contribution in [3.8, 4) is 5.75 Å². The normalized spacial score (nSPS) is 16.3. The molecule has 2 atom stereocenters. The van der Waals surface area contributed by atoms with Crippen molar-refractivity contribution >= 4 is 34.6 Å². The van der Waals surface area contributed by atoms with E-state index in [-0.39, 0.29) is 24.8 Å². The second-order valence-electron chi connectivity index (χ2n) is 8.19. The monoisotopic (exact) mass is 490 g/mol. The van der Waals surface area contributed by atoms with E-state index >= 15 is 0 Å². The van der Waals surface area contributed by atoms with E-state index < -0.39 is 16.5 Å². The highest BCUT2D eigenvalue weighted by Gasteiger charge is 2.45. The first-order valence-corrected chi connectivity index (χ1v) is 13.0. The molecule has 1 aliphatic heterocycles. The largest absolute Gasteiger partial charge is 0.614 e. The van der Waals surface area contributed by atoms with Crippen molar-refractivity contribution in [2.24, 2.45) is 0 Å². The van der Waals surface area contributed by atoms with Crippen molar-refractivity contribution in [1.29, 1.82) is 0 Å². The summed E-state index contributed by atoms with van der Waals surface area (Å²) in [6, 6.07) is 15.3. The van der Waals surface area contributed by atoms with Crippen LogP contribution >= 0.6 is 11.6 Å². The van der Waals surface area contributed by atoms with E-state index in [0.29, 0.717) is 12.3 Å². The molecule has 2 unspecified atom stereocenters. The first kappa shape index (κ1) is 25.4. The molecule has 6 nitrogen and oxygen atoms in total. The molecule has 1 fully saturated rings. The summed E-state index contributed by atoms with van der Waals surface area (Å²) < 4.78 is 17.8. The Balaban J connectivity index is 1.30. The molecule has 1 heterocycles. The zero-order valence-corrected chi connectivity index (χ0v) is 20.5. The second-order valence-corrected chi connectivity index (χ2v) is 10.2. The molecule has 0 aromatic heterocycles. The van der Waals surface area contributed by atoms with E-state index in [4.69, 9.17) is 16.3 Å². The lowest BCUT2D eigenvalue weighted by Gasteiger charge is -2.39. The minimum absolute atomic E-state index is 0.0333. The zero-order chi connectivity index (χ0) is 23.6. The number of halogens is 1. The SMILES string of the molecule is COc1ccc(C[S+]([O-])C2CC(=O)N2CC(=O)NCCCCCCc2ccc(Cl)cc2)cc1. The number of rotatable bonds is 13. The number of methoxy groups -OCH3 is 1. The van der Waals surface area contributed by atoms with Crippen molar-refractivity contribution in [1.82, 2.24) is 10.2 Å². The fourth-order valence-corrected chi connectivity index (χ4v) is 5.37. The van der Waals surface area contributed by atoms with Gasteiger partial charge in [0.05, 0.1) is 13.5 Å². The van der Waals surface area contributed by atoms with Crippen LogP contribution in [0.4, 0.5) is 0 Å². The van der Waals surface area contributed by atoms with Crippen LogP contribution in [0.5, 0.6) is 5.75 Å². The van der Waals surface area contributed by atoms with Crippen LogP contribution in [-0.2, 0) is 32.9 Å². The van der Waals surface area contributed by atoms with Gasteiger partial charge in [0.15, 0.2) is 5.37 Å². The van der Waals surface area contributed by atoms with Crippen LogP contribution in [0.25, 0.3) is 0 Å². The third-order valence-electron chi connectivity index (χ3n) is 5.73. The summed E-state index contributed by atoms with van der Waals surface area (Å²) in [5.74, 6) is 0.759. The number of β-lactam (4-membered cyclic amide) rings is 1. The lowest BCUT2D eigenvalue weighted by Crippen LogP contribution is -2.59. The van der Waals surface area contributed by atoms with E-state index in [1.54, 1.807) is 7.11 Å². The summed E-state index contributed by atoms with van der Waals surface area (Å²) in [5.41, 5.74) is 2.19. The number of carbonyl (C=O) groups excluding carboxylic acids is 2. The van der Waals surface area contributed by atoms with E-state index in [1.165, 1.54) is 10.5 Å². The maximum absolute atomic E-state index is 12.7. The van der Waals surface area contributed by atoms with Crippen LogP contribution in [-0.4, -0.2) is 46.8 Å². The minimum Gasteiger partial charge on any atom is -0.614 e. The Labute approximate surface area is 203 Å². The maximum Gasteiger partial charge on any atom is 0.239 e. The first-order valence-electron chi connectivity index (χ1n) is 11.3. The van der Waals surface area contributed by atoms with Crippen LogP contribution in [0.2, 0.25) is 5.02 Å². The number of likely N-dealkylation sites (tertiary alicyclic amines) is 1. The fourth-order valence-electron chi connectivity index (χ4n) is 3.73. The Morgan fingerprint density at radius 1 is 1.09 bits per heavy atom. The first-order chi connectivity index (χ1) is 16.0. The number of unbranched alkanes of at least 4 members (excludes halogenated alkanes) is 3. The summed E-state index contributed by atoms with van der Waals surface area (Å²) >= 11 is 4.64. The molecule has 1 N–H and O–H groups in total. The molecular weight excluding hydrogens is 460 g/mol. The van der Waals surface area contributed by atoms with Gasteiger partial charge in [-0.05, 0) is 60.3 Å². The predicted octanol–water partition coefficient (Wildman–Crippen LogP) is 4.08. The van der Waals surface area contributed by atoms with Crippen LogP contribution in [0, 0.1) is 0 Å². The molecule has 1 aliphatic rings. The topological polar surface area (TPSA) is 81.7 Å². The number of nitrogens with zero attached hydrogens (tertiary/aromatic N) is 1. The van der Waals surface area contributed by atoms with Gasteiger partial charge in [0.2, 0.25) is 11.8 Å². The van der Waals surface area contributed by atoms with Gasteiger partial charge in [-0.25, -0.2) is 0 Å². The summed E-state index contributed by atoms with van der Waals surface area (Å²) in [5, 5.41) is 3.23. The summed E-state index contributed by atoms with van der Waals surface area (Å²) in [6.45, 7) is 0.551. The lowest BCUT2D eigenvalue weighted by molar-refractivity contribution is -0.145. The fraction of sp³-hybridized carbons (Fsp3) is 0.440. The minimum atomic E-state index is -1.26. The van der Waals surface area contributed by atoms with Crippen LogP contribution in [0.15, 0.2) is 48.5 Å². The summed E-state index contributed by atoms with van der Waals surface area (Å²) in [4.78, 5) is 25.7. The molecular formula is C25H31ClN2O4S. The molecule has 2 aromatic carbocycles. The Morgan fingerprint density at radius 2 is 1.76 bits per heavy atom. The Hall–Kier alpha value is -2.22. The van der Waals surface area contributed by atoms with Crippen LogP contribution in [0.3, 0.4) is 0 Å². The van der Waals surface area contributed by atoms with Gasteiger partial charge in [-0.2, -0.15) is 0 Å². The predicted molar refractivity (Wildman–Crippen MR) is 132 cm³/mol. The lowest BCUT2D eigenvalue weighted by atomic mass is 10.1. The highest BCUT2D eigenvalue weighted by molar-refractivity contribution is 7.91. The van der Waals surface area contributed by atoms with E-state index in [1.807, 2.05) is 36.4 Å². The smallest absolute Gasteiger partial charge is 0.239 e. The molecule has 0 saturated carbocycles. The van der Waals surface area contributed by atoms with E-state index in [0.717, 1.165) is 48.4 Å². The van der Waals surface area contributed by atoms with Gasteiger partial charge < -0.3 is 14.6 Å². The number of aryl methyl sites for hydroxylation is 1. The van der Waals surface area contributed by atoms with Crippen molar-refractivity contribution in [3.63, 3.8) is 0 Å². The van der Waals surface area contributed by atoms with Gasteiger partial charge in [0.25, 0.3) is 0 Å². The van der Waals surface area contributed by atoms with E-state index in [9.17, 15) is 14.1 Å². The number of nitrogens with one attached hydrogen (secondary N) is 1. The molecule has 2 aromatic rings. The molecule has 1 saturated heterocycles. The summed E-state index contributed by atoms with van der Waals surface area (Å²) in [7, 11) is 1.60. The van der Waals surface area contributed by atoms with Crippen molar-refractivity contribution in [2.75, 3.05) is 20.2 Å². The van der Waals surface area contributed by atoms with Gasteiger partial charge >= 0.3 is 0 Å². The molecule has 33 heavy (non-hydrogen) atoms. The molecule has 178 valence electrons. The Morgan fingerprint density at radius 3 is 2.42 bits per heavy atom. The molecule has 0 bridgehead atoms. The van der Waals surface area contributed by atoms with Gasteiger partial charge in [-0.15, -0.1) is 0 Å². The quantitative estimate of drug-likeness (QED) is 0.260. The van der Waals surface area contributed by atoms with Gasteiger partial charge in [-0.1, -0.05) is 48.7 Å². The Bertz CT molecular complexity index is 908. The third kappa shape index (κ3) is 7.95. The maximum atomic E-state index is 12.7. The van der Waals surface area contributed by atoms with Crippen molar-refractivity contribution < 1.29 is 18.9 Å². The number of ether oxygens (including phenoxy) is 1. The second kappa shape index (κ2) is 12.9. The van der Waals surface area contributed by atoms with Crippen molar-refractivity contribution in [2.45, 2.75) is 49.7 Å². The molecule has 0 aliphatic carbocycles. The highest BCUT2D eigenvalue weighted by Crippen LogP contribution is 2.27. The molecule has 0 spiro atoms. The highest BCUT2D eigenvalue weighted by atomic mass is 35.5. The average molecular weight is 491 g/mol. The average Bonchev–Trinajstić information content (AvgIpc) is 2.82. The van der Waals surface area contributed by atoms with Crippen LogP contribution < -0.4 is 10.1 Å². The molecule has 3 rings (SSSR count). The van der Waals surface area contributed by atoms with Gasteiger partial charge in [0, 0.05) is 17.1 Å². The number of amides is 2. The van der Waals surface area contributed by atoms with Crippen molar-refractivity contribution in [3.05, 3.63) is 64.7 Å². The number of hydrogen-bond donors (Lipinski definition) is 1. The number of hydrogen-bond acceptors (Lipinski definition) is 4.